The number of hydrogen-bond acceptors (Lipinski definition) is 10. The number of pyridine rings is 1. The fraction of sp³-hybridized carbons (Fsp3) is 0.429. The van der Waals surface area contributed by atoms with Crippen LogP contribution in [0.1, 0.15) is 50.2 Å². The monoisotopic (exact) mass is 815 g/mol. The lowest BCUT2D eigenvalue weighted by Crippen LogP contribution is -2.62. The summed E-state index contributed by atoms with van der Waals surface area (Å²) >= 11 is 1.26. The van der Waals surface area contributed by atoms with E-state index in [2.05, 4.69) is 31.2 Å². The standard InChI is InChI=1S/C42H57N9O6S/c1-26(2)34(48-41(56)50(5)23-30-19-13-14-20-44-30)38(54)46-32(21-28-15-9-7-10-16-28)36(52)37(53)33(22-29-17-11-8-12-18-29)47-39(55)35(27(3)4)49-42(57)51(6)24-31-25-58-40(43)45-31/h7-20,25-27,32-37,52-53H,21-24H2,1-6H3,(H2,43,45)(H,46,54)(H,47,55)(H,48,56)(H,49,57)/t32-,33-,34-,35-,36+,37-/m0/s1. The van der Waals surface area contributed by atoms with Crippen molar-refractivity contribution >= 4 is 40.3 Å². The van der Waals surface area contributed by atoms with Crippen molar-refractivity contribution in [3.05, 3.63) is 113 Å². The molecule has 8 N–H and O–H groups in total. The van der Waals surface area contributed by atoms with Gasteiger partial charge in [0, 0.05) is 25.7 Å². The summed E-state index contributed by atoms with van der Waals surface area (Å²) in [5, 5.41) is 37.6. The minimum atomic E-state index is -1.60. The van der Waals surface area contributed by atoms with Crippen molar-refractivity contribution in [2.45, 2.75) is 90.0 Å². The molecular weight excluding hydrogens is 759 g/mol. The first kappa shape index (κ1) is 45.1. The van der Waals surface area contributed by atoms with Gasteiger partial charge in [-0.3, -0.25) is 14.6 Å². The van der Waals surface area contributed by atoms with Crippen LogP contribution in [0.25, 0.3) is 0 Å². The maximum Gasteiger partial charge on any atom is 0.318 e. The number of benzene rings is 2. The molecule has 15 nitrogen and oxygen atoms in total. The van der Waals surface area contributed by atoms with Gasteiger partial charge in [-0.05, 0) is 47.9 Å². The largest absolute Gasteiger partial charge is 0.388 e. The molecule has 0 aliphatic heterocycles. The van der Waals surface area contributed by atoms with Gasteiger partial charge in [0.15, 0.2) is 5.13 Å². The highest BCUT2D eigenvalue weighted by Gasteiger charge is 2.38. The van der Waals surface area contributed by atoms with Crippen molar-refractivity contribution in [1.29, 1.82) is 0 Å². The molecule has 2 heterocycles. The second-order valence-corrected chi connectivity index (χ2v) is 16.0. The van der Waals surface area contributed by atoms with E-state index in [-0.39, 0.29) is 37.8 Å². The molecule has 0 bridgehead atoms. The SMILES string of the molecule is CC(C)[C@H](NC(=O)N(C)Cc1csc(N)n1)C(=O)N[C@@H](Cc1ccccc1)[C@H](O)[C@H](O)[C@H](Cc1ccccc1)NC(=O)[C@@H](NC(=O)N(C)Cc1ccccn1)C(C)C. The lowest BCUT2D eigenvalue weighted by molar-refractivity contribution is -0.129. The van der Waals surface area contributed by atoms with Crippen molar-refractivity contribution in [1.82, 2.24) is 41.0 Å². The summed E-state index contributed by atoms with van der Waals surface area (Å²) in [5.41, 5.74) is 8.58. The Morgan fingerprint density at radius 2 is 1.09 bits per heavy atom. The highest BCUT2D eigenvalue weighted by molar-refractivity contribution is 7.13. The van der Waals surface area contributed by atoms with E-state index in [1.807, 2.05) is 66.7 Å². The third-order valence-electron chi connectivity index (χ3n) is 9.67. The van der Waals surface area contributed by atoms with Gasteiger partial charge in [0.05, 0.1) is 36.6 Å². The number of nitrogens with two attached hydrogens (primary N) is 1. The van der Waals surface area contributed by atoms with Crippen molar-refractivity contribution in [2.24, 2.45) is 11.8 Å². The van der Waals surface area contributed by atoms with Crippen LogP contribution in [0.15, 0.2) is 90.4 Å². The molecule has 4 aromatic rings. The minimum Gasteiger partial charge on any atom is -0.388 e. The molecule has 6 amide bonds. The first-order valence-electron chi connectivity index (χ1n) is 19.3. The number of aliphatic hydroxyl groups is 2. The number of nitrogens with one attached hydrogen (secondary N) is 4. The smallest absolute Gasteiger partial charge is 0.318 e. The average Bonchev–Trinajstić information content (AvgIpc) is 3.62. The summed E-state index contributed by atoms with van der Waals surface area (Å²) in [7, 11) is 3.18. The summed E-state index contributed by atoms with van der Waals surface area (Å²) in [6.07, 6.45) is -1.32. The predicted octanol–water partition coefficient (Wildman–Crippen LogP) is 3.33. The fourth-order valence-corrected chi connectivity index (χ4v) is 6.90. The number of anilines is 1. The number of rotatable bonds is 19. The second kappa shape index (κ2) is 21.8. The number of nitrogens with zero attached hydrogens (tertiary/aromatic N) is 4. The van der Waals surface area contributed by atoms with Crippen LogP contribution in [0.5, 0.6) is 0 Å². The van der Waals surface area contributed by atoms with Gasteiger partial charge in [-0.2, -0.15) is 0 Å². The van der Waals surface area contributed by atoms with E-state index >= 15 is 0 Å². The molecule has 16 heteroatoms. The third kappa shape index (κ3) is 13.5. The lowest BCUT2D eigenvalue weighted by Gasteiger charge is -2.35. The van der Waals surface area contributed by atoms with Crippen LogP contribution in [0, 0.1) is 11.8 Å². The molecule has 2 aromatic carbocycles. The Labute approximate surface area is 344 Å². The topological polar surface area (TPSA) is 215 Å². The predicted molar refractivity (Wildman–Crippen MR) is 224 cm³/mol. The molecule has 0 aliphatic carbocycles. The maximum atomic E-state index is 14.0. The van der Waals surface area contributed by atoms with Crippen LogP contribution in [0.3, 0.4) is 0 Å². The summed E-state index contributed by atoms with van der Waals surface area (Å²) in [5.74, 6) is -1.83. The molecular formula is C42H57N9O6S. The third-order valence-corrected chi connectivity index (χ3v) is 10.4. The van der Waals surface area contributed by atoms with Crippen LogP contribution < -0.4 is 27.0 Å². The van der Waals surface area contributed by atoms with E-state index in [0.717, 1.165) is 11.1 Å². The van der Waals surface area contributed by atoms with E-state index in [1.54, 1.807) is 65.5 Å². The first-order chi connectivity index (χ1) is 27.6. The van der Waals surface area contributed by atoms with Crippen LogP contribution in [-0.2, 0) is 35.5 Å². The summed E-state index contributed by atoms with van der Waals surface area (Å²) < 4.78 is 0. The van der Waals surface area contributed by atoms with Crippen LogP contribution in [0.4, 0.5) is 14.7 Å². The van der Waals surface area contributed by atoms with Gasteiger partial charge in [0.25, 0.3) is 0 Å². The van der Waals surface area contributed by atoms with Gasteiger partial charge < -0.3 is 47.0 Å². The van der Waals surface area contributed by atoms with Crippen LogP contribution in [-0.4, -0.2) is 104 Å². The molecule has 0 saturated carbocycles. The van der Waals surface area contributed by atoms with Gasteiger partial charge in [-0.25, -0.2) is 14.6 Å². The number of aromatic nitrogens is 2. The van der Waals surface area contributed by atoms with Gasteiger partial charge in [0.2, 0.25) is 11.8 Å². The van der Waals surface area contributed by atoms with Crippen molar-refractivity contribution < 1.29 is 29.4 Å². The van der Waals surface area contributed by atoms with Gasteiger partial charge in [0.1, 0.15) is 24.3 Å². The second-order valence-electron chi connectivity index (χ2n) is 15.1. The maximum absolute atomic E-state index is 14.0. The first-order valence-corrected chi connectivity index (χ1v) is 20.2. The van der Waals surface area contributed by atoms with E-state index in [9.17, 15) is 29.4 Å². The Morgan fingerprint density at radius 1 is 0.655 bits per heavy atom. The summed E-state index contributed by atoms with van der Waals surface area (Å²) in [6, 6.07) is 18.6. The number of nitrogen functional groups attached to an aromatic ring is 1. The van der Waals surface area contributed by atoms with Crippen molar-refractivity contribution in [2.75, 3.05) is 19.8 Å². The number of hydrogen-bond donors (Lipinski definition) is 7. The quantitative estimate of drug-likeness (QED) is 0.0739. The Morgan fingerprint density at radius 3 is 1.47 bits per heavy atom. The number of carbonyl (C=O) groups is 4. The Kier molecular flexibility index (Phi) is 17.0. The van der Waals surface area contributed by atoms with Gasteiger partial charge in [-0.15, -0.1) is 11.3 Å². The van der Waals surface area contributed by atoms with Crippen molar-refractivity contribution in [3.63, 3.8) is 0 Å². The number of urea groups is 2. The fourth-order valence-electron chi connectivity index (χ4n) is 6.34. The van der Waals surface area contributed by atoms with E-state index < -0.39 is 60.3 Å². The van der Waals surface area contributed by atoms with Crippen LogP contribution >= 0.6 is 11.3 Å². The molecule has 312 valence electrons. The minimum absolute atomic E-state index is 0.119. The van der Waals surface area contributed by atoms with Crippen LogP contribution in [0.2, 0.25) is 0 Å². The molecule has 0 radical (unpaired) electrons. The van der Waals surface area contributed by atoms with E-state index in [0.29, 0.717) is 16.5 Å². The van der Waals surface area contributed by atoms with Gasteiger partial charge in [-0.1, -0.05) is 94.4 Å². The number of aliphatic hydroxyl groups excluding tert-OH is 2. The highest BCUT2D eigenvalue weighted by atomic mass is 32.1. The Hall–Kier alpha value is -5.58. The zero-order chi connectivity index (χ0) is 42.4. The molecule has 6 atom stereocenters. The lowest BCUT2D eigenvalue weighted by atomic mass is 9.90. The molecule has 0 spiro atoms. The van der Waals surface area contributed by atoms with E-state index in [1.165, 1.54) is 21.1 Å². The zero-order valence-corrected chi connectivity index (χ0v) is 34.7. The Balaban J connectivity index is 1.56. The summed E-state index contributed by atoms with van der Waals surface area (Å²) in [6.45, 7) is 7.55. The molecule has 0 saturated heterocycles. The normalized spacial score (nSPS) is 14.4. The molecule has 0 aliphatic rings. The molecule has 2 aromatic heterocycles. The van der Waals surface area contributed by atoms with Gasteiger partial charge >= 0.3 is 12.1 Å². The number of amides is 6. The average molecular weight is 816 g/mol. The molecule has 0 unspecified atom stereocenters. The summed E-state index contributed by atoms with van der Waals surface area (Å²) in [4.78, 5) is 65.9. The Bertz CT molecular complexity index is 1900. The number of thiazole rings is 1. The van der Waals surface area contributed by atoms with E-state index in [4.69, 9.17) is 5.73 Å². The zero-order valence-electron chi connectivity index (χ0n) is 33.9. The number of carbonyl (C=O) groups excluding carboxylic acids is 4. The molecule has 0 fully saturated rings. The van der Waals surface area contributed by atoms with Crippen molar-refractivity contribution in [3.8, 4) is 0 Å². The highest BCUT2D eigenvalue weighted by Crippen LogP contribution is 2.18. The molecule has 58 heavy (non-hydrogen) atoms. The molecule has 4 rings (SSSR count).